The summed E-state index contributed by atoms with van der Waals surface area (Å²) in [6.45, 7) is 5.30. The molecule has 1 atom stereocenters. The number of amides is 1. The van der Waals surface area contributed by atoms with E-state index in [4.69, 9.17) is 10.6 Å². The number of hydrogen-bond acceptors (Lipinski definition) is 5. The number of hydrazine groups is 1. The van der Waals surface area contributed by atoms with Crippen LogP contribution in [0.1, 0.15) is 32.4 Å². The second-order valence-electron chi connectivity index (χ2n) is 4.87. The van der Waals surface area contributed by atoms with Crippen LogP contribution in [0.15, 0.2) is 30.3 Å². The predicted octanol–water partition coefficient (Wildman–Crippen LogP) is 1.67. The molecule has 104 valence electrons. The molecule has 0 aromatic heterocycles. The van der Waals surface area contributed by atoms with Gasteiger partial charge in [-0.05, 0) is 20.8 Å². The van der Waals surface area contributed by atoms with Crippen molar-refractivity contribution in [2.45, 2.75) is 32.5 Å². The van der Waals surface area contributed by atoms with E-state index in [1.807, 2.05) is 35.8 Å². The van der Waals surface area contributed by atoms with Gasteiger partial charge < -0.3 is 9.47 Å². The molecule has 0 aliphatic carbocycles. The number of rotatable bonds is 1. The van der Waals surface area contributed by atoms with Gasteiger partial charge in [0.05, 0.1) is 0 Å². The highest BCUT2D eigenvalue weighted by Gasteiger charge is 2.39. The van der Waals surface area contributed by atoms with Crippen LogP contribution >= 0.6 is 0 Å². The first-order chi connectivity index (χ1) is 8.83. The molecular weight excluding hydrogens is 248 g/mol. The largest absolute Gasteiger partial charge is 0.443 e. The van der Waals surface area contributed by atoms with Gasteiger partial charge in [0.25, 0.3) is 0 Å². The Morgan fingerprint density at radius 2 is 1.84 bits per heavy atom. The summed E-state index contributed by atoms with van der Waals surface area (Å²) in [7, 11) is 0. The second-order valence-corrected chi connectivity index (χ2v) is 4.87. The normalized spacial score (nSPS) is 16.6. The Morgan fingerprint density at radius 1 is 1.32 bits per heavy atom. The van der Waals surface area contributed by atoms with Crippen molar-refractivity contribution >= 4 is 12.1 Å². The summed E-state index contributed by atoms with van der Waals surface area (Å²) in [5.74, 6) is 4.64. The fraction of sp³-hybridized carbons (Fsp3) is 0.385. The van der Waals surface area contributed by atoms with Crippen LogP contribution in [0.25, 0.3) is 0 Å². The van der Waals surface area contributed by atoms with Gasteiger partial charge in [-0.2, -0.15) is 0 Å². The lowest BCUT2D eigenvalue weighted by molar-refractivity contribution is -0.117. The van der Waals surface area contributed by atoms with Gasteiger partial charge in [-0.1, -0.05) is 30.3 Å². The maximum Gasteiger partial charge on any atom is 0.421 e. The Labute approximate surface area is 111 Å². The van der Waals surface area contributed by atoms with Crippen molar-refractivity contribution in [1.82, 2.24) is 5.43 Å². The SMILES string of the molecule is CC(C)(C)OC(=O)NN.O=C1OC1c1ccccc1. The average molecular weight is 266 g/mol. The molecule has 0 spiro atoms. The standard InChI is InChI=1S/C8H6O2.C5H12N2O2/c9-8-7(10-8)6-4-2-1-3-5-6;1-5(2,3)9-4(8)7-6/h1-5,7H;6H2,1-3H3,(H,7,8). The third-order valence-corrected chi connectivity index (χ3v) is 2.01. The highest BCUT2D eigenvalue weighted by molar-refractivity contribution is 5.88. The van der Waals surface area contributed by atoms with Gasteiger partial charge in [0.1, 0.15) is 5.60 Å². The molecule has 1 aromatic carbocycles. The Kier molecular flexibility index (Phi) is 4.88. The van der Waals surface area contributed by atoms with Gasteiger partial charge in [0, 0.05) is 5.56 Å². The number of nitrogens with two attached hydrogens (primary N) is 1. The maximum absolute atomic E-state index is 10.5. The van der Waals surface area contributed by atoms with E-state index in [0.29, 0.717) is 0 Å². The minimum atomic E-state index is -0.609. The number of carbonyl (C=O) groups is 2. The van der Waals surface area contributed by atoms with E-state index < -0.39 is 11.7 Å². The molecule has 3 N–H and O–H groups in total. The smallest absolute Gasteiger partial charge is 0.421 e. The van der Waals surface area contributed by atoms with Gasteiger partial charge in [-0.25, -0.2) is 15.4 Å². The number of benzene rings is 1. The lowest BCUT2D eigenvalue weighted by Gasteiger charge is -2.18. The first kappa shape index (κ1) is 15.0. The molecule has 0 radical (unpaired) electrons. The van der Waals surface area contributed by atoms with Crippen molar-refractivity contribution in [3.05, 3.63) is 35.9 Å². The summed E-state index contributed by atoms with van der Waals surface area (Å²) in [5, 5.41) is 0. The maximum atomic E-state index is 10.5. The molecule has 19 heavy (non-hydrogen) atoms. The molecule has 1 fully saturated rings. The molecule has 1 aromatic rings. The van der Waals surface area contributed by atoms with Crippen LogP contribution in [0.5, 0.6) is 0 Å². The van der Waals surface area contributed by atoms with Gasteiger partial charge in [-0.15, -0.1) is 0 Å². The van der Waals surface area contributed by atoms with Crippen LogP contribution in [0.2, 0.25) is 0 Å². The molecule has 6 nitrogen and oxygen atoms in total. The first-order valence-electron chi connectivity index (χ1n) is 5.78. The van der Waals surface area contributed by atoms with E-state index in [0.717, 1.165) is 5.56 Å². The molecule has 2 rings (SSSR count). The van der Waals surface area contributed by atoms with Crippen LogP contribution in [-0.4, -0.2) is 17.7 Å². The number of hydrogen-bond donors (Lipinski definition) is 2. The van der Waals surface area contributed by atoms with Gasteiger partial charge >= 0.3 is 12.1 Å². The van der Waals surface area contributed by atoms with Gasteiger partial charge in [0.2, 0.25) is 6.10 Å². The van der Waals surface area contributed by atoms with Crippen LogP contribution in [-0.2, 0) is 14.3 Å². The van der Waals surface area contributed by atoms with Gasteiger partial charge in [-0.3, -0.25) is 5.43 Å². The van der Waals surface area contributed by atoms with Crippen molar-refractivity contribution in [1.29, 1.82) is 0 Å². The summed E-state index contributed by atoms with van der Waals surface area (Å²) >= 11 is 0. The number of cyclic esters (lactones) is 1. The Bertz CT molecular complexity index is 440. The number of epoxide rings is 1. The molecule has 1 saturated heterocycles. The minimum absolute atomic E-state index is 0.119. The van der Waals surface area contributed by atoms with Crippen LogP contribution in [0, 0.1) is 0 Å². The average Bonchev–Trinajstić information content (AvgIpc) is 3.06. The highest BCUT2D eigenvalue weighted by atomic mass is 16.6. The quantitative estimate of drug-likeness (QED) is 0.349. The summed E-state index contributed by atoms with van der Waals surface area (Å²) in [6.07, 6.45) is -0.872. The van der Waals surface area contributed by atoms with E-state index in [2.05, 4.69) is 4.74 Å². The third kappa shape index (κ3) is 5.87. The molecule has 1 amide bonds. The minimum Gasteiger partial charge on any atom is -0.443 e. The van der Waals surface area contributed by atoms with Crippen molar-refractivity contribution in [3.8, 4) is 0 Å². The lowest BCUT2D eigenvalue weighted by Crippen LogP contribution is -2.36. The van der Waals surface area contributed by atoms with E-state index in [9.17, 15) is 9.59 Å². The molecule has 1 heterocycles. The van der Waals surface area contributed by atoms with Crippen LogP contribution in [0.3, 0.4) is 0 Å². The summed E-state index contributed by atoms with van der Waals surface area (Å²) in [5.41, 5.74) is 2.34. The summed E-state index contributed by atoms with van der Waals surface area (Å²) in [4.78, 5) is 20.8. The first-order valence-corrected chi connectivity index (χ1v) is 5.78. The zero-order valence-corrected chi connectivity index (χ0v) is 11.2. The van der Waals surface area contributed by atoms with E-state index in [-0.39, 0.29) is 12.1 Å². The monoisotopic (exact) mass is 266 g/mol. The Balaban J connectivity index is 0.000000192. The molecular formula is C13H18N2O4. The van der Waals surface area contributed by atoms with Crippen molar-refractivity contribution < 1.29 is 19.1 Å². The molecule has 6 heteroatoms. The second kappa shape index (κ2) is 6.19. The van der Waals surface area contributed by atoms with E-state index in [1.165, 1.54) is 0 Å². The van der Waals surface area contributed by atoms with E-state index in [1.54, 1.807) is 20.8 Å². The summed E-state index contributed by atoms with van der Waals surface area (Å²) < 4.78 is 9.38. The molecule has 0 bridgehead atoms. The fourth-order valence-corrected chi connectivity index (χ4v) is 1.22. The molecule has 1 unspecified atom stereocenters. The van der Waals surface area contributed by atoms with Crippen molar-refractivity contribution in [2.75, 3.05) is 0 Å². The number of carbonyl (C=O) groups excluding carboxylic acids is 2. The van der Waals surface area contributed by atoms with Crippen molar-refractivity contribution in [2.24, 2.45) is 5.84 Å². The highest BCUT2D eigenvalue weighted by Crippen LogP contribution is 2.30. The topological polar surface area (TPSA) is 93.9 Å². The lowest BCUT2D eigenvalue weighted by atomic mass is 10.2. The fourth-order valence-electron chi connectivity index (χ4n) is 1.22. The van der Waals surface area contributed by atoms with E-state index >= 15 is 0 Å². The molecule has 1 aliphatic heterocycles. The zero-order chi connectivity index (χ0) is 14.5. The van der Waals surface area contributed by atoms with Gasteiger partial charge in [0.15, 0.2) is 0 Å². The third-order valence-electron chi connectivity index (χ3n) is 2.01. The number of nitrogens with one attached hydrogen (secondary N) is 1. The van der Waals surface area contributed by atoms with Crippen LogP contribution < -0.4 is 11.3 Å². The number of ether oxygens (including phenoxy) is 2. The predicted molar refractivity (Wildman–Crippen MR) is 68.8 cm³/mol. The Morgan fingerprint density at radius 3 is 2.16 bits per heavy atom. The van der Waals surface area contributed by atoms with Crippen LogP contribution in [0.4, 0.5) is 4.79 Å². The van der Waals surface area contributed by atoms with Crippen molar-refractivity contribution in [3.63, 3.8) is 0 Å². The zero-order valence-electron chi connectivity index (χ0n) is 11.2. The molecule has 0 saturated carbocycles. The molecule has 1 aliphatic rings. The summed E-state index contributed by atoms with van der Waals surface area (Å²) in [6, 6.07) is 9.47. The Hall–Kier alpha value is -2.08.